The lowest BCUT2D eigenvalue weighted by atomic mass is 10.1. The summed E-state index contributed by atoms with van der Waals surface area (Å²) in [7, 11) is 0. The number of pyridine rings is 1. The van der Waals surface area contributed by atoms with Crippen LogP contribution in [0.1, 0.15) is 33.5 Å². The van der Waals surface area contributed by atoms with Crippen molar-refractivity contribution in [2.24, 2.45) is 0 Å². The van der Waals surface area contributed by atoms with E-state index in [4.69, 9.17) is 16.3 Å². The molecule has 1 amide bonds. The Balaban J connectivity index is 1.45. The van der Waals surface area contributed by atoms with Gasteiger partial charge in [0.1, 0.15) is 6.10 Å². The predicted octanol–water partition coefficient (Wildman–Crippen LogP) is 2.53. The Morgan fingerprint density at radius 1 is 1.27 bits per heavy atom. The van der Waals surface area contributed by atoms with Crippen LogP contribution >= 0.6 is 11.6 Å². The standard InChI is InChI=1S/C18H16ClN5O2/c19-13-6-4-12(5-7-13)16-10-24-15(11-26-16)17(22-23-24)18(25)21-9-14-3-1-2-8-20-14/h1-8,16H,9-11H2,(H,21,25)/t16-/m0/s1. The van der Waals surface area contributed by atoms with Crippen molar-refractivity contribution >= 4 is 17.5 Å². The number of carbonyl (C=O) groups excluding carboxylic acids is 1. The van der Waals surface area contributed by atoms with E-state index in [0.717, 1.165) is 11.3 Å². The van der Waals surface area contributed by atoms with Crippen LogP contribution in [0, 0.1) is 0 Å². The van der Waals surface area contributed by atoms with Crippen molar-refractivity contribution in [2.75, 3.05) is 0 Å². The third kappa shape index (κ3) is 3.44. The summed E-state index contributed by atoms with van der Waals surface area (Å²) in [6.07, 6.45) is 1.54. The molecule has 0 saturated heterocycles. The predicted molar refractivity (Wildman–Crippen MR) is 94.4 cm³/mol. The number of aromatic nitrogens is 4. The average Bonchev–Trinajstić information content (AvgIpc) is 3.11. The second-order valence-corrected chi connectivity index (χ2v) is 6.36. The van der Waals surface area contributed by atoms with Crippen molar-refractivity contribution in [2.45, 2.75) is 25.8 Å². The van der Waals surface area contributed by atoms with Gasteiger partial charge >= 0.3 is 0 Å². The number of halogens is 1. The molecule has 2 aromatic heterocycles. The summed E-state index contributed by atoms with van der Waals surface area (Å²) in [5.74, 6) is -0.287. The Morgan fingerprint density at radius 3 is 2.88 bits per heavy atom. The lowest BCUT2D eigenvalue weighted by Crippen LogP contribution is -2.27. The van der Waals surface area contributed by atoms with Gasteiger partial charge in [0.25, 0.3) is 5.91 Å². The Kier molecular flexibility index (Phi) is 4.64. The van der Waals surface area contributed by atoms with Crippen LogP contribution in [-0.4, -0.2) is 25.9 Å². The number of nitrogens with zero attached hydrogens (tertiary/aromatic N) is 4. The molecule has 4 rings (SSSR count). The molecule has 7 nitrogen and oxygen atoms in total. The fraction of sp³-hybridized carbons (Fsp3) is 0.222. The van der Waals surface area contributed by atoms with Crippen LogP contribution in [0.2, 0.25) is 5.02 Å². The molecule has 0 bridgehead atoms. The van der Waals surface area contributed by atoms with Crippen molar-refractivity contribution in [3.05, 3.63) is 76.3 Å². The molecule has 1 aliphatic heterocycles. The molecular weight excluding hydrogens is 354 g/mol. The quantitative estimate of drug-likeness (QED) is 0.764. The maximum absolute atomic E-state index is 12.4. The van der Waals surface area contributed by atoms with Crippen molar-refractivity contribution < 1.29 is 9.53 Å². The van der Waals surface area contributed by atoms with E-state index >= 15 is 0 Å². The first kappa shape index (κ1) is 16.7. The zero-order chi connectivity index (χ0) is 17.9. The zero-order valence-electron chi connectivity index (χ0n) is 13.8. The molecule has 1 aliphatic rings. The lowest BCUT2D eigenvalue weighted by Gasteiger charge is -2.24. The van der Waals surface area contributed by atoms with Gasteiger partial charge in [0.2, 0.25) is 0 Å². The van der Waals surface area contributed by atoms with E-state index < -0.39 is 0 Å². The van der Waals surface area contributed by atoms with Gasteiger partial charge in [-0.1, -0.05) is 35.0 Å². The van der Waals surface area contributed by atoms with E-state index in [9.17, 15) is 4.79 Å². The molecule has 0 saturated carbocycles. The Hall–Kier alpha value is -2.77. The topological polar surface area (TPSA) is 81.9 Å². The number of fused-ring (bicyclic) bond motifs is 1. The molecule has 132 valence electrons. The zero-order valence-corrected chi connectivity index (χ0v) is 14.6. The van der Waals surface area contributed by atoms with E-state index in [1.807, 2.05) is 42.5 Å². The molecule has 0 aliphatic carbocycles. The maximum Gasteiger partial charge on any atom is 0.274 e. The third-order valence-electron chi connectivity index (χ3n) is 4.21. The minimum atomic E-state index is -0.287. The van der Waals surface area contributed by atoms with Crippen LogP contribution in [0.15, 0.2) is 48.7 Å². The smallest absolute Gasteiger partial charge is 0.274 e. The third-order valence-corrected chi connectivity index (χ3v) is 4.46. The minimum absolute atomic E-state index is 0.147. The monoisotopic (exact) mass is 369 g/mol. The number of benzene rings is 1. The molecule has 0 spiro atoms. The number of hydrogen-bond acceptors (Lipinski definition) is 5. The molecule has 1 aromatic carbocycles. The van der Waals surface area contributed by atoms with Gasteiger partial charge in [0.15, 0.2) is 5.69 Å². The molecule has 3 aromatic rings. The van der Waals surface area contributed by atoms with Crippen LogP contribution in [0.4, 0.5) is 0 Å². The maximum atomic E-state index is 12.4. The van der Waals surface area contributed by atoms with Gasteiger partial charge in [0, 0.05) is 11.2 Å². The van der Waals surface area contributed by atoms with Crippen LogP contribution in [0.25, 0.3) is 0 Å². The van der Waals surface area contributed by atoms with Crippen molar-refractivity contribution in [3.63, 3.8) is 0 Å². The highest BCUT2D eigenvalue weighted by Gasteiger charge is 2.27. The number of carbonyl (C=O) groups is 1. The number of ether oxygens (including phenoxy) is 1. The summed E-state index contributed by atoms with van der Waals surface area (Å²) < 4.78 is 7.63. The van der Waals surface area contributed by atoms with E-state index in [1.165, 1.54) is 0 Å². The van der Waals surface area contributed by atoms with Crippen molar-refractivity contribution in [1.29, 1.82) is 0 Å². The lowest BCUT2D eigenvalue weighted by molar-refractivity contribution is -0.00177. The summed E-state index contributed by atoms with van der Waals surface area (Å²) >= 11 is 5.93. The molecule has 0 radical (unpaired) electrons. The molecule has 1 N–H and O–H groups in total. The van der Waals surface area contributed by atoms with Gasteiger partial charge in [-0.2, -0.15) is 0 Å². The Bertz CT molecular complexity index is 911. The van der Waals surface area contributed by atoms with Gasteiger partial charge < -0.3 is 10.1 Å². The van der Waals surface area contributed by atoms with Crippen molar-refractivity contribution in [3.8, 4) is 0 Å². The summed E-state index contributed by atoms with van der Waals surface area (Å²) in [4.78, 5) is 16.6. The van der Waals surface area contributed by atoms with E-state index in [2.05, 4.69) is 20.6 Å². The first-order chi connectivity index (χ1) is 12.7. The highest BCUT2D eigenvalue weighted by molar-refractivity contribution is 6.30. The first-order valence-electron chi connectivity index (χ1n) is 8.18. The number of rotatable bonds is 4. The molecule has 26 heavy (non-hydrogen) atoms. The summed E-state index contributed by atoms with van der Waals surface area (Å²) in [5.41, 5.74) is 2.75. The van der Waals surface area contributed by atoms with Crippen molar-refractivity contribution in [1.82, 2.24) is 25.3 Å². The molecule has 3 heterocycles. The van der Waals surface area contributed by atoms with Gasteiger partial charge in [-0.25, -0.2) is 4.68 Å². The fourth-order valence-corrected chi connectivity index (χ4v) is 2.95. The highest BCUT2D eigenvalue weighted by Crippen LogP contribution is 2.27. The highest BCUT2D eigenvalue weighted by atomic mass is 35.5. The van der Waals surface area contributed by atoms with Gasteiger partial charge in [0.05, 0.1) is 31.1 Å². The Morgan fingerprint density at radius 2 is 2.12 bits per heavy atom. The Labute approximate surface area is 155 Å². The minimum Gasteiger partial charge on any atom is -0.365 e. The second-order valence-electron chi connectivity index (χ2n) is 5.92. The van der Waals surface area contributed by atoms with Crippen LogP contribution < -0.4 is 5.32 Å². The van der Waals surface area contributed by atoms with E-state index in [-0.39, 0.29) is 24.3 Å². The fourth-order valence-electron chi connectivity index (χ4n) is 2.82. The largest absolute Gasteiger partial charge is 0.365 e. The molecule has 0 unspecified atom stereocenters. The van der Waals surface area contributed by atoms with E-state index in [1.54, 1.807) is 10.9 Å². The van der Waals surface area contributed by atoms with Crippen LogP contribution in [-0.2, 0) is 24.4 Å². The number of nitrogens with one attached hydrogen (secondary N) is 1. The number of amides is 1. The van der Waals surface area contributed by atoms with E-state index in [0.29, 0.717) is 23.8 Å². The van der Waals surface area contributed by atoms with Crippen LogP contribution in [0.3, 0.4) is 0 Å². The summed E-state index contributed by atoms with van der Waals surface area (Å²) in [5, 5.41) is 11.6. The molecule has 0 fully saturated rings. The molecular formula is C18H16ClN5O2. The van der Waals surface area contributed by atoms with Crippen LogP contribution in [0.5, 0.6) is 0 Å². The first-order valence-corrected chi connectivity index (χ1v) is 8.56. The SMILES string of the molecule is O=C(NCc1ccccn1)c1nnn2c1CO[C@H](c1ccc(Cl)cc1)C2. The normalized spacial score (nSPS) is 16.1. The summed E-state index contributed by atoms with van der Waals surface area (Å²) in [6, 6.07) is 13.1. The van der Waals surface area contributed by atoms with Gasteiger partial charge in [-0.15, -0.1) is 5.10 Å². The van der Waals surface area contributed by atoms with Gasteiger partial charge in [-0.05, 0) is 29.8 Å². The average molecular weight is 370 g/mol. The summed E-state index contributed by atoms with van der Waals surface area (Å²) in [6.45, 7) is 1.10. The molecule has 1 atom stereocenters. The number of hydrogen-bond donors (Lipinski definition) is 1. The second kappa shape index (κ2) is 7.23. The molecule has 8 heteroatoms. The van der Waals surface area contributed by atoms with Gasteiger partial charge in [-0.3, -0.25) is 9.78 Å².